The van der Waals surface area contributed by atoms with Crippen LogP contribution in [0.15, 0.2) is 24.3 Å². The van der Waals surface area contributed by atoms with E-state index in [9.17, 15) is 14.7 Å². The van der Waals surface area contributed by atoms with E-state index >= 15 is 0 Å². The first-order chi connectivity index (χ1) is 26.1. The summed E-state index contributed by atoms with van der Waals surface area (Å²) in [5, 5.41) is 9.58. The van der Waals surface area contributed by atoms with Crippen LogP contribution in [-0.2, 0) is 19.1 Å². The fraction of sp³-hybridized carbons (Fsp3) is 0.875. The van der Waals surface area contributed by atoms with Crippen molar-refractivity contribution in [2.75, 3.05) is 13.2 Å². The maximum atomic E-state index is 12.2. The minimum atomic E-state index is -0.774. The lowest BCUT2D eigenvalue weighted by Crippen LogP contribution is -2.28. The predicted octanol–water partition coefficient (Wildman–Crippen LogP) is 15.0. The van der Waals surface area contributed by atoms with Crippen LogP contribution >= 0.6 is 0 Å². The average Bonchev–Trinajstić information content (AvgIpc) is 3.16. The van der Waals surface area contributed by atoms with Gasteiger partial charge in [0, 0.05) is 12.8 Å². The third-order valence-corrected chi connectivity index (χ3v) is 10.5. The molecule has 0 fully saturated rings. The van der Waals surface area contributed by atoms with Gasteiger partial charge in [-0.1, -0.05) is 224 Å². The van der Waals surface area contributed by atoms with E-state index < -0.39 is 6.10 Å². The topological polar surface area (TPSA) is 72.8 Å². The number of esters is 2. The predicted molar refractivity (Wildman–Crippen MR) is 228 cm³/mol. The van der Waals surface area contributed by atoms with Gasteiger partial charge in [0.25, 0.3) is 0 Å². The molecule has 0 bridgehead atoms. The van der Waals surface area contributed by atoms with Gasteiger partial charge in [0.15, 0.2) is 6.10 Å². The number of aliphatic hydroxyl groups is 1. The highest BCUT2D eigenvalue weighted by atomic mass is 16.6. The quantitative estimate of drug-likeness (QED) is 0.0382. The molecule has 0 aliphatic heterocycles. The zero-order valence-electron chi connectivity index (χ0n) is 35.5. The molecule has 0 heterocycles. The molecule has 0 aliphatic carbocycles. The molecule has 0 aromatic heterocycles. The van der Waals surface area contributed by atoms with Crippen molar-refractivity contribution in [2.24, 2.45) is 0 Å². The molecule has 312 valence electrons. The van der Waals surface area contributed by atoms with Crippen molar-refractivity contribution in [3.05, 3.63) is 24.3 Å². The lowest BCUT2D eigenvalue weighted by molar-refractivity contribution is -0.161. The lowest BCUT2D eigenvalue weighted by atomic mass is 10.0. The van der Waals surface area contributed by atoms with Gasteiger partial charge in [-0.25, -0.2) is 0 Å². The van der Waals surface area contributed by atoms with Crippen molar-refractivity contribution < 1.29 is 24.2 Å². The Bertz CT molecular complexity index is 806. The molecule has 5 nitrogen and oxygen atoms in total. The van der Waals surface area contributed by atoms with Crippen LogP contribution in [-0.4, -0.2) is 36.4 Å². The molecule has 0 radical (unpaired) electrons. The molecular weight excluding hydrogens is 657 g/mol. The summed E-state index contributed by atoms with van der Waals surface area (Å²) in [6.45, 7) is 4.11. The second-order valence-electron chi connectivity index (χ2n) is 15.8. The number of ether oxygens (including phenoxy) is 2. The van der Waals surface area contributed by atoms with E-state index in [0.29, 0.717) is 12.8 Å². The van der Waals surface area contributed by atoms with Crippen LogP contribution in [0.1, 0.15) is 251 Å². The van der Waals surface area contributed by atoms with E-state index in [-0.39, 0.29) is 25.2 Å². The normalized spacial score (nSPS) is 12.3. The molecule has 1 atom stereocenters. The summed E-state index contributed by atoms with van der Waals surface area (Å²) >= 11 is 0. The Morgan fingerprint density at radius 2 is 0.774 bits per heavy atom. The molecular formula is C48H90O5. The number of hydrogen-bond acceptors (Lipinski definition) is 5. The molecule has 0 spiro atoms. The van der Waals surface area contributed by atoms with Crippen molar-refractivity contribution >= 4 is 11.9 Å². The maximum absolute atomic E-state index is 12.2. The van der Waals surface area contributed by atoms with E-state index in [4.69, 9.17) is 9.47 Å². The van der Waals surface area contributed by atoms with Gasteiger partial charge in [0.05, 0.1) is 6.61 Å². The van der Waals surface area contributed by atoms with Gasteiger partial charge in [-0.3, -0.25) is 9.59 Å². The number of aliphatic hydroxyl groups excluding tert-OH is 1. The van der Waals surface area contributed by atoms with Crippen LogP contribution in [0, 0.1) is 0 Å². The summed E-state index contributed by atoms with van der Waals surface area (Å²) in [6, 6.07) is 0. The number of carbonyl (C=O) groups is 2. The Balaban J connectivity index is 3.44. The first-order valence-electron chi connectivity index (χ1n) is 23.4. The molecule has 0 amide bonds. The Morgan fingerprint density at radius 3 is 1.17 bits per heavy atom. The highest BCUT2D eigenvalue weighted by Gasteiger charge is 2.16. The van der Waals surface area contributed by atoms with Crippen molar-refractivity contribution in [3.8, 4) is 0 Å². The summed E-state index contributed by atoms with van der Waals surface area (Å²) < 4.78 is 10.6. The Hall–Kier alpha value is -1.62. The molecule has 5 heteroatoms. The Labute approximate surface area is 330 Å². The van der Waals surface area contributed by atoms with Crippen LogP contribution in [0.3, 0.4) is 0 Å². The van der Waals surface area contributed by atoms with E-state index in [1.807, 2.05) is 0 Å². The maximum Gasteiger partial charge on any atom is 0.306 e. The Morgan fingerprint density at radius 1 is 0.434 bits per heavy atom. The standard InChI is InChI=1S/C48H90O5/c1-3-5-7-9-11-13-15-17-19-20-21-22-23-24-25-26-27-28-29-31-32-34-36-38-40-42-47(50)52-45-46(44-49)53-48(51)43-41-39-37-35-33-30-18-16-14-12-10-8-6-4-2/h10,12,16,18,46,49H,3-9,11,13-15,17,19-45H2,1-2H3/b12-10-,18-16-. The van der Waals surface area contributed by atoms with Crippen molar-refractivity contribution in [2.45, 2.75) is 258 Å². The number of rotatable bonds is 43. The van der Waals surface area contributed by atoms with Gasteiger partial charge in [0.1, 0.15) is 6.61 Å². The van der Waals surface area contributed by atoms with Gasteiger partial charge in [0.2, 0.25) is 0 Å². The zero-order valence-corrected chi connectivity index (χ0v) is 35.5. The molecule has 0 saturated heterocycles. The second-order valence-corrected chi connectivity index (χ2v) is 15.8. The molecule has 0 saturated carbocycles. The van der Waals surface area contributed by atoms with E-state index in [0.717, 1.165) is 51.4 Å². The summed E-state index contributed by atoms with van der Waals surface area (Å²) in [4.78, 5) is 24.3. The third kappa shape index (κ3) is 43.0. The first-order valence-corrected chi connectivity index (χ1v) is 23.4. The van der Waals surface area contributed by atoms with E-state index in [1.165, 1.54) is 173 Å². The van der Waals surface area contributed by atoms with Gasteiger partial charge in [-0.2, -0.15) is 0 Å². The molecule has 1 unspecified atom stereocenters. The average molecular weight is 747 g/mol. The van der Waals surface area contributed by atoms with Gasteiger partial charge in [-0.05, 0) is 38.5 Å². The monoisotopic (exact) mass is 747 g/mol. The number of carbonyl (C=O) groups excluding carboxylic acids is 2. The number of unbranched alkanes of at least 4 members (excludes halogenated alkanes) is 31. The van der Waals surface area contributed by atoms with Crippen molar-refractivity contribution in [3.63, 3.8) is 0 Å². The summed E-state index contributed by atoms with van der Waals surface area (Å²) in [7, 11) is 0. The zero-order chi connectivity index (χ0) is 38.6. The van der Waals surface area contributed by atoms with Crippen molar-refractivity contribution in [1.29, 1.82) is 0 Å². The Kier molecular flexibility index (Phi) is 43.4. The summed E-state index contributed by atoms with van der Waals surface area (Å²) in [6.07, 6.45) is 54.1. The fourth-order valence-corrected chi connectivity index (χ4v) is 6.93. The third-order valence-electron chi connectivity index (χ3n) is 10.5. The smallest absolute Gasteiger partial charge is 0.306 e. The highest BCUT2D eigenvalue weighted by Crippen LogP contribution is 2.16. The van der Waals surface area contributed by atoms with Crippen LogP contribution in [0.2, 0.25) is 0 Å². The van der Waals surface area contributed by atoms with Gasteiger partial charge in [-0.15, -0.1) is 0 Å². The SMILES string of the molecule is CCCC/C=C\C/C=C\CCCCCCCC(=O)OC(CO)COC(=O)CCCCCCCCCCCCCCCCCCCCCCCCCCC. The van der Waals surface area contributed by atoms with Gasteiger partial charge < -0.3 is 14.6 Å². The minimum absolute atomic E-state index is 0.0669. The van der Waals surface area contributed by atoms with Crippen LogP contribution in [0.25, 0.3) is 0 Å². The fourth-order valence-electron chi connectivity index (χ4n) is 6.93. The van der Waals surface area contributed by atoms with Crippen LogP contribution < -0.4 is 0 Å². The molecule has 0 aliphatic rings. The number of allylic oxidation sites excluding steroid dienone is 4. The molecule has 0 aromatic carbocycles. The molecule has 0 rings (SSSR count). The second kappa shape index (κ2) is 44.8. The molecule has 53 heavy (non-hydrogen) atoms. The highest BCUT2D eigenvalue weighted by molar-refractivity contribution is 5.70. The van der Waals surface area contributed by atoms with E-state index in [1.54, 1.807) is 0 Å². The largest absolute Gasteiger partial charge is 0.462 e. The van der Waals surface area contributed by atoms with Gasteiger partial charge >= 0.3 is 11.9 Å². The first kappa shape index (κ1) is 51.4. The van der Waals surface area contributed by atoms with E-state index in [2.05, 4.69) is 38.2 Å². The molecule has 0 aromatic rings. The van der Waals surface area contributed by atoms with Crippen molar-refractivity contribution in [1.82, 2.24) is 0 Å². The van der Waals surface area contributed by atoms with Crippen LogP contribution in [0.4, 0.5) is 0 Å². The lowest BCUT2D eigenvalue weighted by Gasteiger charge is -2.15. The number of hydrogen-bond donors (Lipinski definition) is 1. The summed E-state index contributed by atoms with van der Waals surface area (Å²) in [5.74, 6) is -0.595. The summed E-state index contributed by atoms with van der Waals surface area (Å²) in [5.41, 5.74) is 0. The van der Waals surface area contributed by atoms with Crippen LogP contribution in [0.5, 0.6) is 0 Å². The molecule has 1 N–H and O–H groups in total. The minimum Gasteiger partial charge on any atom is -0.462 e.